The van der Waals surface area contributed by atoms with Crippen molar-refractivity contribution < 1.29 is 30.0 Å². The third kappa shape index (κ3) is 11.2. The highest BCUT2D eigenvalue weighted by atomic mass is 16.4. The molecule has 2 aliphatic heterocycles. The van der Waals surface area contributed by atoms with Gasteiger partial charge in [-0.05, 0) is 96.9 Å². The molecule has 224 valence electrons. The molecular formula is C34H42N2O6. The minimum absolute atomic E-state index is 0.364. The summed E-state index contributed by atoms with van der Waals surface area (Å²) in [6.45, 7) is 6.99. The smallest absolute Gasteiger partial charge is 0.328 e. The summed E-state index contributed by atoms with van der Waals surface area (Å²) in [5, 5.41) is 34.7. The van der Waals surface area contributed by atoms with Gasteiger partial charge in [0.15, 0.2) is 0 Å². The van der Waals surface area contributed by atoms with Crippen LogP contribution in [0.5, 0.6) is 11.5 Å². The normalized spacial score (nSPS) is 19.0. The number of hydrogen-bond donors (Lipinski definition) is 4. The zero-order chi connectivity index (χ0) is 29.9. The Hall–Kier alpha value is -3.88. The molecule has 4 aliphatic rings. The van der Waals surface area contributed by atoms with E-state index in [1.165, 1.54) is 74.1 Å². The maximum absolute atomic E-state index is 9.55. The zero-order valence-electron chi connectivity index (χ0n) is 24.1. The van der Waals surface area contributed by atoms with E-state index in [1.807, 2.05) is 24.3 Å². The van der Waals surface area contributed by atoms with E-state index < -0.39 is 11.9 Å². The van der Waals surface area contributed by atoms with Crippen LogP contribution in [0.3, 0.4) is 0 Å². The fourth-order valence-electron chi connectivity index (χ4n) is 5.23. The maximum atomic E-state index is 9.55. The number of rotatable bonds is 8. The van der Waals surface area contributed by atoms with Gasteiger partial charge in [0, 0.05) is 51.4 Å². The molecule has 2 heterocycles. The van der Waals surface area contributed by atoms with Gasteiger partial charge in [-0.2, -0.15) is 0 Å². The maximum Gasteiger partial charge on any atom is 0.328 e. The summed E-state index contributed by atoms with van der Waals surface area (Å²) >= 11 is 0. The molecular weight excluding hydrogens is 532 g/mol. The number of phenols is 2. The van der Waals surface area contributed by atoms with Crippen LogP contribution in [0.2, 0.25) is 0 Å². The molecule has 2 aromatic carbocycles. The van der Waals surface area contributed by atoms with Gasteiger partial charge in [0.1, 0.15) is 11.5 Å². The lowest BCUT2D eigenvalue weighted by molar-refractivity contribution is -0.134. The Labute approximate surface area is 247 Å². The second-order valence-electron chi connectivity index (χ2n) is 11.5. The predicted molar refractivity (Wildman–Crippen MR) is 164 cm³/mol. The van der Waals surface area contributed by atoms with Crippen LogP contribution in [0.1, 0.15) is 49.7 Å². The number of nitrogens with zero attached hydrogens (tertiary/aromatic N) is 2. The minimum atomic E-state index is -1.26. The Kier molecular flexibility index (Phi) is 11.4. The van der Waals surface area contributed by atoms with Gasteiger partial charge in [0.25, 0.3) is 0 Å². The number of carboxylic acid groups (broad SMARTS) is 2. The molecule has 0 unspecified atom stereocenters. The van der Waals surface area contributed by atoms with Crippen LogP contribution in [0.4, 0.5) is 0 Å². The molecule has 0 aromatic heterocycles. The number of benzene rings is 2. The molecule has 0 saturated heterocycles. The molecule has 2 aromatic rings. The van der Waals surface area contributed by atoms with E-state index in [0.29, 0.717) is 23.7 Å². The van der Waals surface area contributed by atoms with Gasteiger partial charge in [-0.1, -0.05) is 36.4 Å². The first-order valence-corrected chi connectivity index (χ1v) is 14.8. The number of carboxylic acids is 2. The Bertz CT molecular complexity index is 1210. The van der Waals surface area contributed by atoms with Gasteiger partial charge in [-0.15, -0.1) is 0 Å². The average molecular weight is 575 g/mol. The first-order valence-electron chi connectivity index (χ1n) is 14.8. The summed E-state index contributed by atoms with van der Waals surface area (Å²) in [5.74, 6) is 0.127. The van der Waals surface area contributed by atoms with Gasteiger partial charge >= 0.3 is 11.9 Å². The largest absolute Gasteiger partial charge is 0.508 e. The Balaban J connectivity index is 0.000000155. The SMILES string of the molecule is O=C(O)/C=C/C(=O)O.Oc1cccc(C2=CCCN(CC3CC3)C2)c1.Oc1cccc(C2=CCCN(CC3CC3)C2)c1. The Morgan fingerprint density at radius 2 is 1.10 bits per heavy atom. The van der Waals surface area contributed by atoms with Gasteiger partial charge < -0.3 is 20.4 Å². The molecule has 0 bridgehead atoms. The van der Waals surface area contributed by atoms with Crippen molar-refractivity contribution in [2.75, 3.05) is 39.3 Å². The molecule has 0 amide bonds. The predicted octanol–water partition coefficient (Wildman–Crippen LogP) is 5.49. The molecule has 2 saturated carbocycles. The number of aromatic hydroxyl groups is 2. The molecule has 8 nitrogen and oxygen atoms in total. The first-order chi connectivity index (χ1) is 20.2. The van der Waals surface area contributed by atoms with E-state index in [9.17, 15) is 19.8 Å². The van der Waals surface area contributed by atoms with Crippen molar-refractivity contribution >= 4 is 23.1 Å². The van der Waals surface area contributed by atoms with E-state index >= 15 is 0 Å². The van der Waals surface area contributed by atoms with Crippen LogP contribution in [-0.4, -0.2) is 81.4 Å². The quantitative estimate of drug-likeness (QED) is 0.305. The molecule has 6 rings (SSSR count). The van der Waals surface area contributed by atoms with Crippen LogP contribution in [0.25, 0.3) is 11.1 Å². The van der Waals surface area contributed by atoms with E-state index in [1.54, 1.807) is 12.1 Å². The Morgan fingerprint density at radius 1 is 0.690 bits per heavy atom. The fourth-order valence-corrected chi connectivity index (χ4v) is 5.23. The first kappa shape index (κ1) is 31.1. The topological polar surface area (TPSA) is 122 Å². The summed E-state index contributed by atoms with van der Waals surface area (Å²) in [5.41, 5.74) is 5.08. The Morgan fingerprint density at radius 3 is 1.43 bits per heavy atom. The van der Waals surface area contributed by atoms with Crippen LogP contribution >= 0.6 is 0 Å². The highest BCUT2D eigenvalue weighted by molar-refractivity contribution is 5.89. The summed E-state index contributed by atoms with van der Waals surface area (Å²) < 4.78 is 0. The van der Waals surface area contributed by atoms with Crippen molar-refractivity contribution in [1.82, 2.24) is 9.80 Å². The lowest BCUT2D eigenvalue weighted by Gasteiger charge is -2.27. The lowest BCUT2D eigenvalue weighted by atomic mass is 10.0. The van der Waals surface area contributed by atoms with Gasteiger partial charge in [0.2, 0.25) is 0 Å². The van der Waals surface area contributed by atoms with Crippen molar-refractivity contribution in [3.63, 3.8) is 0 Å². The van der Waals surface area contributed by atoms with Crippen molar-refractivity contribution in [1.29, 1.82) is 0 Å². The lowest BCUT2D eigenvalue weighted by Crippen LogP contribution is -2.31. The van der Waals surface area contributed by atoms with E-state index in [4.69, 9.17) is 10.2 Å². The van der Waals surface area contributed by atoms with Crippen LogP contribution in [0.15, 0.2) is 72.8 Å². The fraction of sp³-hybridized carbons (Fsp3) is 0.412. The summed E-state index contributed by atoms with van der Waals surface area (Å²) in [4.78, 5) is 24.2. The third-order valence-electron chi connectivity index (χ3n) is 7.69. The van der Waals surface area contributed by atoms with Crippen molar-refractivity contribution in [2.45, 2.75) is 38.5 Å². The molecule has 42 heavy (non-hydrogen) atoms. The summed E-state index contributed by atoms with van der Waals surface area (Å²) in [7, 11) is 0. The van der Waals surface area contributed by atoms with Gasteiger partial charge in [0.05, 0.1) is 0 Å². The standard InChI is InChI=1S/2C15H19NO.C4H4O4/c2*17-15-5-1-3-13(9-15)14-4-2-8-16(11-14)10-12-6-7-12;5-3(6)1-2-4(7)8/h2*1,3-5,9,12,17H,2,6-8,10-11H2;1-2H,(H,5,6)(H,7,8)/b;;2-1+. The summed E-state index contributed by atoms with van der Waals surface area (Å²) in [6.07, 6.45) is 13.7. The molecule has 0 spiro atoms. The zero-order valence-corrected chi connectivity index (χ0v) is 24.1. The van der Waals surface area contributed by atoms with Crippen molar-refractivity contribution in [2.24, 2.45) is 11.8 Å². The molecule has 0 radical (unpaired) electrons. The van der Waals surface area contributed by atoms with E-state index in [0.717, 1.165) is 37.8 Å². The molecule has 2 aliphatic carbocycles. The van der Waals surface area contributed by atoms with Crippen molar-refractivity contribution in [3.8, 4) is 11.5 Å². The van der Waals surface area contributed by atoms with Crippen LogP contribution in [-0.2, 0) is 9.59 Å². The van der Waals surface area contributed by atoms with Gasteiger partial charge in [-0.25, -0.2) is 9.59 Å². The highest BCUT2D eigenvalue weighted by Gasteiger charge is 2.26. The average Bonchev–Trinajstić information content (AvgIpc) is 3.91. The number of phenolic OH excluding ortho intramolecular Hbond substituents is 2. The number of carbonyl (C=O) groups is 2. The van der Waals surface area contributed by atoms with E-state index in [2.05, 4.69) is 34.1 Å². The minimum Gasteiger partial charge on any atom is -0.508 e. The second kappa shape index (κ2) is 15.4. The van der Waals surface area contributed by atoms with Crippen LogP contribution < -0.4 is 0 Å². The summed E-state index contributed by atoms with van der Waals surface area (Å²) in [6, 6.07) is 15.2. The monoisotopic (exact) mass is 574 g/mol. The molecule has 0 atom stereocenters. The van der Waals surface area contributed by atoms with E-state index in [-0.39, 0.29) is 0 Å². The van der Waals surface area contributed by atoms with Gasteiger partial charge in [-0.3, -0.25) is 9.80 Å². The van der Waals surface area contributed by atoms with Crippen LogP contribution in [0, 0.1) is 11.8 Å². The molecule has 2 fully saturated rings. The highest BCUT2D eigenvalue weighted by Crippen LogP contribution is 2.33. The molecule has 4 N–H and O–H groups in total. The number of hydrogen-bond acceptors (Lipinski definition) is 6. The second-order valence-corrected chi connectivity index (χ2v) is 11.5. The molecule has 8 heteroatoms. The number of aliphatic carboxylic acids is 2. The van der Waals surface area contributed by atoms with Crippen molar-refractivity contribution in [3.05, 3.63) is 84.0 Å². The third-order valence-corrected chi connectivity index (χ3v) is 7.69.